The van der Waals surface area contributed by atoms with Crippen molar-refractivity contribution in [2.24, 2.45) is 0 Å². The number of carboxylic acid groups (broad SMARTS) is 1. The Labute approximate surface area is 64.9 Å². The van der Waals surface area contributed by atoms with Crippen LogP contribution in [0.5, 0.6) is 0 Å². The highest BCUT2D eigenvalue weighted by Gasteiger charge is 2.33. The minimum absolute atomic E-state index is 0.783. The van der Waals surface area contributed by atoms with Crippen molar-refractivity contribution >= 4 is 11.9 Å². The van der Waals surface area contributed by atoms with E-state index in [0.29, 0.717) is 0 Å². The second-order valence-corrected chi connectivity index (χ2v) is 1.79. The predicted molar refractivity (Wildman–Crippen MR) is 26.4 cm³/mol. The van der Waals surface area contributed by atoms with Crippen molar-refractivity contribution in [1.29, 1.82) is 0 Å². The van der Waals surface area contributed by atoms with Gasteiger partial charge in [0.2, 0.25) is 0 Å². The first-order chi connectivity index (χ1) is 5.31. The maximum Gasteiger partial charge on any atom is 0.575 e. The number of alkyl halides is 3. The molecule has 0 bridgehead atoms. The van der Waals surface area contributed by atoms with Crippen molar-refractivity contribution in [2.75, 3.05) is 0 Å². The molecule has 0 aromatic heterocycles. The lowest BCUT2D eigenvalue weighted by atomic mass is 10.3. The molecule has 0 radical (unpaired) electrons. The number of aliphatic carboxylic acids is 1. The molecule has 0 aromatic carbocycles. The fourth-order valence-electron chi connectivity index (χ4n) is 0.384. The second-order valence-electron chi connectivity index (χ2n) is 1.79. The third-order valence-electron chi connectivity index (χ3n) is 0.763. The van der Waals surface area contributed by atoms with Gasteiger partial charge in [-0.1, -0.05) is 0 Å². The summed E-state index contributed by atoms with van der Waals surface area (Å²) in [6.45, 7) is 0. The van der Waals surface area contributed by atoms with Gasteiger partial charge in [0, 0.05) is 5.97 Å². The van der Waals surface area contributed by atoms with Crippen molar-refractivity contribution in [3.05, 3.63) is 0 Å². The number of rotatable bonds is 3. The molecule has 0 N–H and O–H groups in total. The molecule has 0 aliphatic carbocycles. The molecule has 0 atom stereocenters. The van der Waals surface area contributed by atoms with E-state index in [0.717, 1.165) is 0 Å². The lowest BCUT2D eigenvalue weighted by Crippen LogP contribution is -2.25. The van der Waals surface area contributed by atoms with E-state index in [4.69, 9.17) is 0 Å². The zero-order chi connectivity index (χ0) is 9.78. The summed E-state index contributed by atoms with van der Waals surface area (Å²) in [5.41, 5.74) is 0. The minimum atomic E-state index is -5.05. The number of carbonyl (C=O) groups excluding carboxylic acids is 2. The van der Waals surface area contributed by atoms with E-state index in [-0.39, 0.29) is 0 Å². The van der Waals surface area contributed by atoms with Crippen LogP contribution in [0.25, 0.3) is 0 Å². The number of hydrogen-bond donors (Lipinski definition) is 0. The van der Waals surface area contributed by atoms with Gasteiger partial charge >= 0.3 is 12.3 Å². The fraction of sp³-hybridized carbons (Fsp3) is 0.600. The van der Waals surface area contributed by atoms with Crippen molar-refractivity contribution in [3.8, 4) is 0 Å². The van der Waals surface area contributed by atoms with Crippen LogP contribution < -0.4 is 5.11 Å². The molecule has 12 heavy (non-hydrogen) atoms. The molecule has 0 saturated heterocycles. The van der Waals surface area contributed by atoms with Gasteiger partial charge in [-0.15, -0.1) is 13.2 Å². The van der Waals surface area contributed by atoms with Crippen LogP contribution in [0.15, 0.2) is 0 Å². The summed E-state index contributed by atoms with van der Waals surface area (Å²) in [4.78, 5) is 19.8. The quantitative estimate of drug-likeness (QED) is 0.560. The summed E-state index contributed by atoms with van der Waals surface area (Å²) in [5, 5.41) is 9.67. The van der Waals surface area contributed by atoms with Crippen LogP contribution >= 0.6 is 0 Å². The van der Waals surface area contributed by atoms with Crippen LogP contribution in [-0.4, -0.2) is 18.3 Å². The van der Waals surface area contributed by atoms with E-state index < -0.39 is 31.1 Å². The smallest absolute Gasteiger partial charge is 0.550 e. The Morgan fingerprint density at radius 3 is 2.08 bits per heavy atom. The first-order valence-corrected chi connectivity index (χ1v) is 2.79. The number of halogens is 3. The lowest BCUT2D eigenvalue weighted by Gasteiger charge is -2.06. The largest absolute Gasteiger partial charge is 0.575 e. The topological polar surface area (TPSA) is 66.4 Å². The standard InChI is InChI=1S/C5H5F3O4/c6-5(7,8)12-4(11)2-1-3(9)10/h1-2H2,(H,9,10)/p-1. The highest BCUT2D eigenvalue weighted by atomic mass is 19.4. The minimum Gasteiger partial charge on any atom is -0.550 e. The molecule has 0 aromatic rings. The van der Waals surface area contributed by atoms with Gasteiger partial charge in [0.25, 0.3) is 0 Å². The number of carbonyl (C=O) groups is 2. The summed E-state index contributed by atoms with van der Waals surface area (Å²) in [6.07, 6.45) is -6.68. The lowest BCUT2D eigenvalue weighted by molar-refractivity contribution is -0.312. The third kappa shape index (κ3) is 6.84. The van der Waals surface area contributed by atoms with E-state index in [9.17, 15) is 27.9 Å². The Kier molecular flexibility index (Phi) is 3.52. The Hall–Kier alpha value is -1.27. The summed E-state index contributed by atoms with van der Waals surface area (Å²) < 4.78 is 36.5. The van der Waals surface area contributed by atoms with Crippen LogP contribution in [0.4, 0.5) is 13.2 Å². The highest BCUT2D eigenvalue weighted by Crippen LogP contribution is 2.17. The van der Waals surface area contributed by atoms with E-state index in [1.54, 1.807) is 0 Å². The van der Waals surface area contributed by atoms with Gasteiger partial charge in [-0.3, -0.25) is 4.79 Å². The Morgan fingerprint density at radius 2 is 1.75 bits per heavy atom. The number of carboxylic acids is 1. The van der Waals surface area contributed by atoms with Crippen molar-refractivity contribution in [2.45, 2.75) is 19.2 Å². The molecular formula is C5H4F3O4-. The van der Waals surface area contributed by atoms with Gasteiger partial charge < -0.3 is 14.6 Å². The monoisotopic (exact) mass is 185 g/mol. The molecule has 4 nitrogen and oxygen atoms in total. The molecule has 0 fully saturated rings. The van der Waals surface area contributed by atoms with Gasteiger partial charge in [-0.25, -0.2) is 0 Å². The van der Waals surface area contributed by atoms with Crippen molar-refractivity contribution in [1.82, 2.24) is 0 Å². The van der Waals surface area contributed by atoms with E-state index in [2.05, 4.69) is 4.74 Å². The van der Waals surface area contributed by atoms with Gasteiger partial charge in [-0.2, -0.15) is 0 Å². The van der Waals surface area contributed by atoms with Gasteiger partial charge in [0.15, 0.2) is 0 Å². The Balaban J connectivity index is 3.68. The third-order valence-corrected chi connectivity index (χ3v) is 0.763. The van der Waals surface area contributed by atoms with Crippen LogP contribution in [0.2, 0.25) is 0 Å². The van der Waals surface area contributed by atoms with Crippen LogP contribution in [0, 0.1) is 0 Å². The first-order valence-electron chi connectivity index (χ1n) is 2.79. The first kappa shape index (κ1) is 10.7. The molecule has 70 valence electrons. The summed E-state index contributed by atoms with van der Waals surface area (Å²) in [6, 6.07) is 0. The highest BCUT2D eigenvalue weighted by molar-refractivity contribution is 5.75. The van der Waals surface area contributed by atoms with Gasteiger partial charge in [0.1, 0.15) is 0 Å². The fourth-order valence-corrected chi connectivity index (χ4v) is 0.384. The maximum absolute atomic E-state index is 11.2. The molecule has 0 spiro atoms. The zero-order valence-corrected chi connectivity index (χ0v) is 5.68. The molecule has 0 unspecified atom stereocenters. The average molecular weight is 185 g/mol. The Morgan fingerprint density at radius 1 is 1.25 bits per heavy atom. The average Bonchev–Trinajstić information content (AvgIpc) is 1.79. The number of esters is 1. The molecule has 0 aliphatic heterocycles. The van der Waals surface area contributed by atoms with Crippen molar-refractivity contribution in [3.63, 3.8) is 0 Å². The summed E-state index contributed by atoms with van der Waals surface area (Å²) in [7, 11) is 0. The van der Waals surface area contributed by atoms with Crippen LogP contribution in [-0.2, 0) is 14.3 Å². The molecule has 7 heteroatoms. The molecule has 0 rings (SSSR count). The van der Waals surface area contributed by atoms with Crippen LogP contribution in [0.3, 0.4) is 0 Å². The summed E-state index contributed by atoms with van der Waals surface area (Å²) >= 11 is 0. The molecule has 0 saturated carbocycles. The van der Waals surface area contributed by atoms with Gasteiger partial charge in [-0.05, 0) is 6.42 Å². The second kappa shape index (κ2) is 3.93. The molecule has 0 aliphatic rings. The molecule has 0 heterocycles. The summed E-state index contributed by atoms with van der Waals surface area (Å²) in [5.74, 6) is -3.24. The normalized spacial score (nSPS) is 10.9. The van der Waals surface area contributed by atoms with E-state index in [1.165, 1.54) is 0 Å². The van der Waals surface area contributed by atoms with E-state index >= 15 is 0 Å². The number of hydrogen-bond acceptors (Lipinski definition) is 4. The zero-order valence-electron chi connectivity index (χ0n) is 5.68. The van der Waals surface area contributed by atoms with Crippen molar-refractivity contribution < 1.29 is 32.6 Å². The van der Waals surface area contributed by atoms with E-state index in [1.807, 2.05) is 0 Å². The Bertz CT molecular complexity index is 186. The van der Waals surface area contributed by atoms with Crippen LogP contribution in [0.1, 0.15) is 12.8 Å². The van der Waals surface area contributed by atoms with Gasteiger partial charge in [0.05, 0.1) is 6.42 Å². The number of ether oxygens (including phenoxy) is 1. The predicted octanol–water partition coefficient (Wildman–Crippen LogP) is -0.421. The maximum atomic E-state index is 11.2. The molecular weight excluding hydrogens is 181 g/mol. The molecule has 0 amide bonds. The SMILES string of the molecule is O=C([O-])CCC(=O)OC(F)(F)F.